The Labute approximate surface area is 273 Å². The molecule has 0 unspecified atom stereocenters. The summed E-state index contributed by atoms with van der Waals surface area (Å²) in [5.41, 5.74) is 7.65. The van der Waals surface area contributed by atoms with Crippen LogP contribution < -0.4 is 20.2 Å². The summed E-state index contributed by atoms with van der Waals surface area (Å²) in [6, 6.07) is 35.3. The summed E-state index contributed by atoms with van der Waals surface area (Å²) in [5.74, 6) is 0.871. The smallest absolute Gasteiger partial charge is 0.271 e. The zero-order valence-corrected chi connectivity index (χ0v) is 26.8. The zero-order valence-electron chi connectivity index (χ0n) is 24.4. The number of hydrogen-bond acceptors (Lipinski definition) is 7. The van der Waals surface area contributed by atoms with E-state index in [1.165, 1.54) is 11.3 Å². The molecular weight excluding hydrogens is 648 g/mol. The number of rotatable bonds is 11. The van der Waals surface area contributed by atoms with Gasteiger partial charge in [-0.05, 0) is 81.2 Å². The number of anilines is 2. The molecule has 1 heterocycles. The van der Waals surface area contributed by atoms with Crippen LogP contribution in [0.15, 0.2) is 124 Å². The first-order valence-corrected chi connectivity index (χ1v) is 16.0. The molecule has 45 heavy (non-hydrogen) atoms. The van der Waals surface area contributed by atoms with Crippen molar-refractivity contribution in [3.63, 3.8) is 0 Å². The van der Waals surface area contributed by atoms with Crippen molar-refractivity contribution in [1.29, 1.82) is 0 Å². The highest BCUT2D eigenvalue weighted by atomic mass is 79.9. The van der Waals surface area contributed by atoms with E-state index in [1.807, 2.05) is 85.1 Å². The lowest BCUT2D eigenvalue weighted by atomic mass is 10.1. The molecule has 9 heteroatoms. The van der Waals surface area contributed by atoms with E-state index in [1.54, 1.807) is 18.3 Å². The van der Waals surface area contributed by atoms with Crippen LogP contribution in [0.25, 0.3) is 22.0 Å². The molecule has 0 saturated heterocycles. The SMILES string of the molecule is CCOc1cc(/C=N\NC(=O)c2ccc(-c3csc(Nc4ccccc4)n3)cc2)cc(Br)c1OCc1cccc2ccccc12. The van der Waals surface area contributed by atoms with Crippen molar-refractivity contribution < 1.29 is 14.3 Å². The lowest BCUT2D eigenvalue weighted by Crippen LogP contribution is -2.17. The number of fused-ring (bicyclic) bond motifs is 1. The van der Waals surface area contributed by atoms with Crippen molar-refractivity contribution in [2.24, 2.45) is 5.10 Å². The van der Waals surface area contributed by atoms with Crippen LogP contribution in [0.1, 0.15) is 28.4 Å². The van der Waals surface area contributed by atoms with Crippen LogP contribution in [0.2, 0.25) is 0 Å². The molecule has 7 nitrogen and oxygen atoms in total. The number of hydrazone groups is 1. The Hall–Kier alpha value is -4.99. The predicted octanol–water partition coefficient (Wildman–Crippen LogP) is 9.21. The molecule has 0 aliphatic rings. The number of hydrogen-bond donors (Lipinski definition) is 2. The van der Waals surface area contributed by atoms with Crippen LogP contribution in [0.3, 0.4) is 0 Å². The first-order valence-electron chi connectivity index (χ1n) is 14.3. The van der Waals surface area contributed by atoms with E-state index in [4.69, 9.17) is 9.47 Å². The van der Waals surface area contributed by atoms with E-state index in [0.29, 0.717) is 30.3 Å². The summed E-state index contributed by atoms with van der Waals surface area (Å²) in [4.78, 5) is 17.5. The average molecular weight is 678 g/mol. The molecule has 2 N–H and O–H groups in total. The molecular formula is C36H29BrN4O3S. The number of benzene rings is 5. The topological polar surface area (TPSA) is 84.8 Å². The fourth-order valence-corrected chi connectivity index (χ4v) is 6.08. The fourth-order valence-electron chi connectivity index (χ4n) is 4.76. The number of ether oxygens (including phenoxy) is 2. The van der Waals surface area contributed by atoms with Gasteiger partial charge in [0.15, 0.2) is 16.6 Å². The average Bonchev–Trinajstić information content (AvgIpc) is 3.53. The Morgan fingerprint density at radius 1 is 0.933 bits per heavy atom. The summed E-state index contributed by atoms with van der Waals surface area (Å²) < 4.78 is 12.9. The molecule has 0 aliphatic carbocycles. The van der Waals surface area contributed by atoms with Crippen molar-refractivity contribution in [1.82, 2.24) is 10.4 Å². The number of amides is 1. The van der Waals surface area contributed by atoms with Gasteiger partial charge in [-0.25, -0.2) is 10.4 Å². The summed E-state index contributed by atoms with van der Waals surface area (Å²) in [6.07, 6.45) is 1.57. The van der Waals surface area contributed by atoms with Crippen LogP contribution in [0, 0.1) is 0 Å². The van der Waals surface area contributed by atoms with Gasteiger partial charge in [0.1, 0.15) is 6.61 Å². The van der Waals surface area contributed by atoms with Gasteiger partial charge >= 0.3 is 0 Å². The number of halogens is 1. The van der Waals surface area contributed by atoms with Crippen LogP contribution in [0.5, 0.6) is 11.5 Å². The van der Waals surface area contributed by atoms with Gasteiger partial charge in [-0.2, -0.15) is 5.10 Å². The molecule has 5 aromatic carbocycles. The van der Waals surface area contributed by atoms with E-state index >= 15 is 0 Å². The third-order valence-electron chi connectivity index (χ3n) is 6.94. The Morgan fingerprint density at radius 3 is 2.53 bits per heavy atom. The molecule has 224 valence electrons. The highest BCUT2D eigenvalue weighted by molar-refractivity contribution is 9.10. The standard InChI is InChI=1S/C36H29BrN4O3S/c1-2-43-33-20-24(19-31(37)34(33)44-22-28-11-8-10-25-9-6-7-14-30(25)28)21-38-41-35(42)27-17-15-26(16-18-27)32-23-45-36(40-32)39-29-12-4-3-5-13-29/h3-21,23H,2,22H2,1H3,(H,39,40)(H,41,42)/b38-21-. The molecule has 6 rings (SSSR count). The van der Waals surface area contributed by atoms with Crippen molar-refractivity contribution in [3.05, 3.63) is 136 Å². The second kappa shape index (κ2) is 14.2. The Kier molecular flexibility index (Phi) is 9.48. The van der Waals surface area contributed by atoms with Crippen molar-refractivity contribution in [2.45, 2.75) is 13.5 Å². The van der Waals surface area contributed by atoms with Gasteiger partial charge < -0.3 is 14.8 Å². The molecule has 0 aliphatic heterocycles. The zero-order chi connectivity index (χ0) is 31.0. The second-order valence-corrected chi connectivity index (χ2v) is 11.7. The minimum absolute atomic E-state index is 0.318. The Bertz CT molecular complexity index is 1950. The molecule has 6 aromatic rings. The fraction of sp³-hybridized carbons (Fsp3) is 0.0833. The monoisotopic (exact) mass is 676 g/mol. The van der Waals surface area contributed by atoms with E-state index in [2.05, 4.69) is 61.0 Å². The number of para-hydroxylation sites is 1. The number of carbonyl (C=O) groups is 1. The van der Waals surface area contributed by atoms with Gasteiger partial charge in [-0.1, -0.05) is 72.8 Å². The maximum absolute atomic E-state index is 12.8. The van der Waals surface area contributed by atoms with Gasteiger partial charge in [0.05, 0.1) is 23.0 Å². The van der Waals surface area contributed by atoms with Crippen molar-refractivity contribution >= 4 is 61.0 Å². The highest BCUT2D eigenvalue weighted by Crippen LogP contribution is 2.37. The molecule has 0 atom stereocenters. The molecule has 0 fully saturated rings. The predicted molar refractivity (Wildman–Crippen MR) is 186 cm³/mol. The summed E-state index contributed by atoms with van der Waals surface area (Å²) in [6.45, 7) is 2.77. The van der Waals surface area contributed by atoms with Gasteiger partial charge in [-0.15, -0.1) is 11.3 Å². The molecule has 0 bridgehead atoms. The molecule has 0 radical (unpaired) electrons. The van der Waals surface area contributed by atoms with Crippen LogP contribution in [-0.2, 0) is 6.61 Å². The van der Waals surface area contributed by atoms with E-state index in [0.717, 1.165) is 48.4 Å². The van der Waals surface area contributed by atoms with Gasteiger partial charge in [0.25, 0.3) is 5.91 Å². The third kappa shape index (κ3) is 7.39. The third-order valence-corrected chi connectivity index (χ3v) is 8.28. The molecule has 1 amide bonds. The molecule has 0 saturated carbocycles. The lowest BCUT2D eigenvalue weighted by molar-refractivity contribution is 0.0955. The number of thiazole rings is 1. The quantitative estimate of drug-likeness (QED) is 0.106. The largest absolute Gasteiger partial charge is 0.490 e. The number of nitrogens with one attached hydrogen (secondary N) is 2. The van der Waals surface area contributed by atoms with E-state index < -0.39 is 0 Å². The first-order chi connectivity index (χ1) is 22.1. The Balaban J connectivity index is 1.09. The van der Waals surface area contributed by atoms with Crippen molar-refractivity contribution in [2.75, 3.05) is 11.9 Å². The number of aromatic nitrogens is 1. The second-order valence-electron chi connectivity index (χ2n) is 10.00. The van der Waals surface area contributed by atoms with Crippen LogP contribution >= 0.6 is 27.3 Å². The summed E-state index contributed by atoms with van der Waals surface area (Å²) in [5, 5.41) is 12.6. The van der Waals surface area contributed by atoms with Crippen LogP contribution in [-0.4, -0.2) is 23.7 Å². The minimum atomic E-state index is -0.318. The minimum Gasteiger partial charge on any atom is -0.490 e. The summed E-state index contributed by atoms with van der Waals surface area (Å²) in [7, 11) is 0. The Morgan fingerprint density at radius 2 is 1.71 bits per heavy atom. The maximum Gasteiger partial charge on any atom is 0.271 e. The van der Waals surface area contributed by atoms with Gasteiger partial charge in [0.2, 0.25) is 0 Å². The maximum atomic E-state index is 12.8. The normalized spacial score (nSPS) is 11.1. The van der Waals surface area contributed by atoms with Crippen molar-refractivity contribution in [3.8, 4) is 22.8 Å². The highest BCUT2D eigenvalue weighted by Gasteiger charge is 2.14. The van der Waals surface area contributed by atoms with E-state index in [9.17, 15) is 4.79 Å². The molecule has 1 aromatic heterocycles. The summed E-state index contributed by atoms with van der Waals surface area (Å²) >= 11 is 5.16. The number of carbonyl (C=O) groups excluding carboxylic acids is 1. The first kappa shape index (κ1) is 30.1. The van der Waals surface area contributed by atoms with Crippen LogP contribution in [0.4, 0.5) is 10.8 Å². The van der Waals surface area contributed by atoms with E-state index in [-0.39, 0.29) is 5.91 Å². The number of nitrogens with zero attached hydrogens (tertiary/aromatic N) is 2. The lowest BCUT2D eigenvalue weighted by Gasteiger charge is -2.15. The van der Waals surface area contributed by atoms with Gasteiger partial charge in [0, 0.05) is 22.2 Å². The van der Waals surface area contributed by atoms with Gasteiger partial charge in [-0.3, -0.25) is 4.79 Å². The molecule has 0 spiro atoms.